The molecule has 4 rings (SSSR count). The fraction of sp³-hybridized carbons (Fsp3) is 0.160. The monoisotopic (exact) mass is 482 g/mol. The van der Waals surface area contributed by atoms with Gasteiger partial charge >= 0.3 is 0 Å². The molecule has 3 aromatic carbocycles. The summed E-state index contributed by atoms with van der Waals surface area (Å²) >= 11 is 6.07. The molecule has 0 saturated carbocycles. The highest BCUT2D eigenvalue weighted by molar-refractivity contribution is 7.90. The van der Waals surface area contributed by atoms with Crippen LogP contribution in [-0.2, 0) is 16.4 Å². The fourth-order valence-electron chi connectivity index (χ4n) is 3.44. The first-order valence-corrected chi connectivity index (χ1v) is 12.4. The number of rotatable bonds is 7. The standard InChI is InChI=1S/C25H23ClN2O4S/c1-17-25(32-16-18-4-12-22(31-2)13-5-18)27-24(19-6-8-20(26)9-7-19)28(17)21-10-14-23(15-11-21)33(3,29)30/h4-15H,16H2,1-3H3. The van der Waals surface area contributed by atoms with Crippen LogP contribution in [0.25, 0.3) is 17.1 Å². The Bertz CT molecular complexity index is 1360. The minimum atomic E-state index is -3.29. The van der Waals surface area contributed by atoms with E-state index in [2.05, 4.69) is 0 Å². The second-order valence-corrected chi connectivity index (χ2v) is 10.0. The number of nitrogens with zero attached hydrogens (tertiary/aromatic N) is 2. The van der Waals surface area contributed by atoms with E-state index in [1.165, 1.54) is 6.26 Å². The summed E-state index contributed by atoms with van der Waals surface area (Å²) in [6.45, 7) is 2.26. The summed E-state index contributed by atoms with van der Waals surface area (Å²) in [5.41, 5.74) is 3.40. The second kappa shape index (κ2) is 9.29. The van der Waals surface area contributed by atoms with Crippen LogP contribution >= 0.6 is 11.6 Å². The lowest BCUT2D eigenvalue weighted by atomic mass is 10.2. The number of hydrogen-bond donors (Lipinski definition) is 0. The molecule has 1 heterocycles. The van der Waals surface area contributed by atoms with Gasteiger partial charge in [-0.3, -0.25) is 4.57 Å². The van der Waals surface area contributed by atoms with Gasteiger partial charge in [-0.2, -0.15) is 4.98 Å². The summed E-state index contributed by atoms with van der Waals surface area (Å²) < 4.78 is 37.0. The molecule has 0 radical (unpaired) electrons. The van der Waals surface area contributed by atoms with Crippen molar-refractivity contribution >= 4 is 21.4 Å². The molecule has 0 aliphatic carbocycles. The molecule has 0 bridgehead atoms. The Balaban J connectivity index is 1.73. The van der Waals surface area contributed by atoms with Crippen molar-refractivity contribution in [1.82, 2.24) is 9.55 Å². The van der Waals surface area contributed by atoms with Crippen LogP contribution in [0.3, 0.4) is 0 Å². The van der Waals surface area contributed by atoms with Gasteiger partial charge in [-0.05, 0) is 73.2 Å². The molecule has 0 atom stereocenters. The summed E-state index contributed by atoms with van der Waals surface area (Å²) in [4.78, 5) is 5.02. The van der Waals surface area contributed by atoms with Gasteiger partial charge in [0.1, 0.15) is 18.2 Å². The molecule has 0 aliphatic heterocycles. The van der Waals surface area contributed by atoms with Crippen molar-refractivity contribution in [1.29, 1.82) is 0 Å². The summed E-state index contributed by atoms with van der Waals surface area (Å²) in [7, 11) is -1.66. The van der Waals surface area contributed by atoms with Crippen LogP contribution in [0.5, 0.6) is 11.6 Å². The smallest absolute Gasteiger partial charge is 0.236 e. The third-order valence-electron chi connectivity index (χ3n) is 5.22. The predicted octanol–water partition coefficient (Wildman–Crippen LogP) is 5.49. The summed E-state index contributed by atoms with van der Waals surface area (Å²) in [6, 6.07) is 21.7. The van der Waals surface area contributed by atoms with Crippen molar-refractivity contribution < 1.29 is 17.9 Å². The minimum absolute atomic E-state index is 0.257. The molecule has 0 fully saturated rings. The Morgan fingerprint density at radius 1 is 0.939 bits per heavy atom. The van der Waals surface area contributed by atoms with E-state index >= 15 is 0 Å². The Hall–Kier alpha value is -3.29. The van der Waals surface area contributed by atoms with Crippen LogP contribution in [-0.4, -0.2) is 31.3 Å². The van der Waals surface area contributed by atoms with Crippen molar-refractivity contribution in [3.8, 4) is 28.7 Å². The zero-order chi connectivity index (χ0) is 23.6. The molecule has 4 aromatic rings. The van der Waals surface area contributed by atoms with E-state index in [4.69, 9.17) is 26.1 Å². The Labute approximate surface area is 198 Å². The molecule has 1 aromatic heterocycles. The lowest BCUT2D eigenvalue weighted by Crippen LogP contribution is -2.02. The second-order valence-electron chi connectivity index (χ2n) is 7.57. The zero-order valence-corrected chi connectivity index (χ0v) is 20.0. The first-order valence-electron chi connectivity index (χ1n) is 10.2. The fourth-order valence-corrected chi connectivity index (χ4v) is 4.20. The van der Waals surface area contributed by atoms with E-state index in [1.807, 2.05) is 47.9 Å². The van der Waals surface area contributed by atoms with Crippen LogP contribution in [0, 0.1) is 6.92 Å². The van der Waals surface area contributed by atoms with E-state index in [1.54, 1.807) is 43.5 Å². The Morgan fingerprint density at radius 2 is 1.58 bits per heavy atom. The van der Waals surface area contributed by atoms with Gasteiger partial charge in [0, 0.05) is 22.5 Å². The van der Waals surface area contributed by atoms with E-state index < -0.39 is 9.84 Å². The third kappa shape index (κ3) is 5.05. The van der Waals surface area contributed by atoms with E-state index in [0.717, 1.165) is 28.3 Å². The average molecular weight is 483 g/mol. The Kier molecular flexibility index (Phi) is 6.44. The van der Waals surface area contributed by atoms with Crippen molar-refractivity contribution in [2.75, 3.05) is 13.4 Å². The highest BCUT2D eigenvalue weighted by Crippen LogP contribution is 2.31. The molecule has 0 amide bonds. The van der Waals surface area contributed by atoms with Crippen LogP contribution in [0.1, 0.15) is 11.3 Å². The van der Waals surface area contributed by atoms with Crippen LogP contribution in [0.4, 0.5) is 0 Å². The van der Waals surface area contributed by atoms with E-state index in [0.29, 0.717) is 23.3 Å². The minimum Gasteiger partial charge on any atom is -0.497 e. The van der Waals surface area contributed by atoms with Crippen LogP contribution < -0.4 is 9.47 Å². The third-order valence-corrected chi connectivity index (χ3v) is 6.60. The molecule has 6 nitrogen and oxygen atoms in total. The SMILES string of the molecule is COc1ccc(COc2nc(-c3ccc(Cl)cc3)n(-c3ccc(S(C)(=O)=O)cc3)c2C)cc1. The molecule has 0 aliphatic rings. The molecule has 0 spiro atoms. The average Bonchev–Trinajstić information content (AvgIpc) is 3.14. The first kappa shape index (κ1) is 22.9. The summed E-state index contributed by atoms with van der Waals surface area (Å²) in [5.74, 6) is 1.94. The van der Waals surface area contributed by atoms with Gasteiger partial charge in [-0.1, -0.05) is 23.7 Å². The number of imidazole rings is 1. The molecule has 8 heteroatoms. The number of ether oxygens (including phenoxy) is 2. The maximum absolute atomic E-state index is 11.9. The molecule has 0 saturated heterocycles. The van der Waals surface area contributed by atoms with Crippen molar-refractivity contribution in [3.05, 3.63) is 89.1 Å². The first-order chi connectivity index (χ1) is 15.8. The van der Waals surface area contributed by atoms with Crippen molar-refractivity contribution in [3.63, 3.8) is 0 Å². The van der Waals surface area contributed by atoms with Crippen molar-refractivity contribution in [2.45, 2.75) is 18.4 Å². The number of methoxy groups -OCH3 is 1. The van der Waals surface area contributed by atoms with Crippen LogP contribution in [0.15, 0.2) is 77.7 Å². The molecule has 170 valence electrons. The lowest BCUT2D eigenvalue weighted by Gasteiger charge is -2.11. The maximum Gasteiger partial charge on any atom is 0.236 e. The zero-order valence-electron chi connectivity index (χ0n) is 18.4. The topological polar surface area (TPSA) is 70.4 Å². The number of sulfone groups is 1. The predicted molar refractivity (Wildman–Crippen MR) is 129 cm³/mol. The van der Waals surface area contributed by atoms with Gasteiger partial charge in [0.05, 0.1) is 17.7 Å². The number of benzene rings is 3. The quantitative estimate of drug-likeness (QED) is 0.348. The van der Waals surface area contributed by atoms with Gasteiger partial charge in [0.25, 0.3) is 0 Å². The van der Waals surface area contributed by atoms with Gasteiger partial charge in [-0.25, -0.2) is 8.42 Å². The Morgan fingerprint density at radius 3 is 2.15 bits per heavy atom. The molecule has 33 heavy (non-hydrogen) atoms. The molecular formula is C25H23ClN2O4S. The molecule has 0 N–H and O–H groups in total. The van der Waals surface area contributed by atoms with Crippen LogP contribution in [0.2, 0.25) is 5.02 Å². The normalized spacial score (nSPS) is 11.4. The van der Waals surface area contributed by atoms with Gasteiger partial charge < -0.3 is 9.47 Å². The van der Waals surface area contributed by atoms with Gasteiger partial charge in [-0.15, -0.1) is 0 Å². The maximum atomic E-state index is 11.9. The molecular weight excluding hydrogens is 460 g/mol. The number of hydrogen-bond acceptors (Lipinski definition) is 5. The number of aromatic nitrogens is 2. The summed E-state index contributed by atoms with van der Waals surface area (Å²) in [5, 5.41) is 0.627. The van der Waals surface area contributed by atoms with Crippen molar-refractivity contribution in [2.24, 2.45) is 0 Å². The summed E-state index contributed by atoms with van der Waals surface area (Å²) in [6.07, 6.45) is 1.19. The van der Waals surface area contributed by atoms with E-state index in [9.17, 15) is 8.42 Å². The van der Waals surface area contributed by atoms with Gasteiger partial charge in [0.2, 0.25) is 5.88 Å². The number of halogens is 1. The largest absolute Gasteiger partial charge is 0.497 e. The molecule has 0 unspecified atom stereocenters. The van der Waals surface area contributed by atoms with Gasteiger partial charge in [0.15, 0.2) is 9.84 Å². The highest BCUT2D eigenvalue weighted by Gasteiger charge is 2.19. The highest BCUT2D eigenvalue weighted by atomic mass is 35.5. The lowest BCUT2D eigenvalue weighted by molar-refractivity contribution is 0.293. The van der Waals surface area contributed by atoms with E-state index in [-0.39, 0.29) is 4.90 Å².